The third-order valence-electron chi connectivity index (χ3n) is 2.43. The van der Waals surface area contributed by atoms with E-state index in [9.17, 15) is 50.9 Å². The lowest BCUT2D eigenvalue weighted by molar-refractivity contribution is -0.328. The second-order valence-electron chi connectivity index (χ2n) is 3.84. The van der Waals surface area contributed by atoms with E-state index in [-0.39, 0.29) is 0 Å². The van der Waals surface area contributed by atoms with Gasteiger partial charge in [-0.3, -0.25) is 4.79 Å². The number of carboxylic acids is 2. The molecule has 11 heteroatoms. The molecule has 1 aromatic rings. The second-order valence-corrected chi connectivity index (χ2v) is 3.84. The summed E-state index contributed by atoms with van der Waals surface area (Å²) in [6.07, 6.45) is -5.69. The normalized spacial score (nSPS) is 11.6. The molecule has 22 heavy (non-hydrogen) atoms. The van der Waals surface area contributed by atoms with Gasteiger partial charge in [-0.25, -0.2) is 13.2 Å². The fourth-order valence-electron chi connectivity index (χ4n) is 1.53. The number of hydrogen-bond donors (Lipinski definition) is 0. The highest BCUT2D eigenvalue weighted by atomic mass is 19.4. The highest BCUT2D eigenvalue weighted by Gasteiger charge is 2.42. The number of ketones is 1. The summed E-state index contributed by atoms with van der Waals surface area (Å²) >= 11 is 0. The average Bonchev–Trinajstić information content (AvgIpc) is 2.23. The summed E-state index contributed by atoms with van der Waals surface area (Å²) in [5.41, 5.74) is -4.85. The average molecular weight is 328 g/mol. The highest BCUT2D eigenvalue weighted by molar-refractivity contribution is 6.19. The minimum absolute atomic E-state index is 0.527. The van der Waals surface area contributed by atoms with Crippen molar-refractivity contribution in [2.75, 3.05) is 0 Å². The molecule has 0 bridgehead atoms. The zero-order valence-electron chi connectivity index (χ0n) is 9.96. The van der Waals surface area contributed by atoms with Crippen LogP contribution in [0.1, 0.15) is 15.9 Å². The number of carbonyl (C=O) groups is 3. The summed E-state index contributed by atoms with van der Waals surface area (Å²) < 4.78 is 77.2. The minimum atomic E-state index is -5.69. The molecule has 0 N–H and O–H groups in total. The Morgan fingerprint density at radius 1 is 0.955 bits per heavy atom. The quantitative estimate of drug-likeness (QED) is 0.418. The molecule has 0 aliphatic heterocycles. The van der Waals surface area contributed by atoms with E-state index in [0.717, 1.165) is 0 Å². The molecule has 1 aromatic carbocycles. The molecular weight excluding hydrogens is 326 g/mol. The lowest BCUT2D eigenvalue weighted by Gasteiger charge is -2.19. The van der Waals surface area contributed by atoms with Crippen molar-refractivity contribution < 1.29 is 50.9 Å². The lowest BCUT2D eigenvalue weighted by Crippen LogP contribution is -2.48. The maximum atomic E-state index is 13.6. The third kappa shape index (κ3) is 3.02. The van der Waals surface area contributed by atoms with E-state index in [1.54, 1.807) is 0 Å². The Morgan fingerprint density at radius 2 is 1.41 bits per heavy atom. The molecule has 0 atom stereocenters. The molecule has 0 amide bonds. The van der Waals surface area contributed by atoms with Crippen LogP contribution in [0.3, 0.4) is 0 Å². The summed E-state index contributed by atoms with van der Waals surface area (Å²) in [4.78, 5) is 32.3. The zero-order chi connectivity index (χ0) is 17.4. The van der Waals surface area contributed by atoms with Gasteiger partial charge in [0.1, 0.15) is 23.1 Å². The Morgan fingerprint density at radius 3 is 1.77 bits per heavy atom. The molecule has 0 aliphatic rings. The fraction of sp³-hybridized carbons (Fsp3) is 0.182. The van der Waals surface area contributed by atoms with Gasteiger partial charge in [0.25, 0.3) is 0 Å². The molecular formula is C11H2F6O5-2. The SMILES string of the molecule is O=C([O-])C(C(=O)[O-])C(=O)c1c(F)cc(F)c(C(F)(F)F)c1F. The number of carboxylic acid groups (broad SMARTS) is 2. The van der Waals surface area contributed by atoms with Crippen LogP contribution in [0.25, 0.3) is 0 Å². The monoisotopic (exact) mass is 328 g/mol. The van der Waals surface area contributed by atoms with E-state index in [4.69, 9.17) is 0 Å². The van der Waals surface area contributed by atoms with Crippen molar-refractivity contribution in [3.8, 4) is 0 Å². The Balaban J connectivity index is 3.65. The predicted molar refractivity (Wildman–Crippen MR) is 49.2 cm³/mol. The Labute approximate surface area is 116 Å². The largest absolute Gasteiger partial charge is 0.549 e. The van der Waals surface area contributed by atoms with Crippen LogP contribution < -0.4 is 10.2 Å². The van der Waals surface area contributed by atoms with Crippen LogP contribution >= 0.6 is 0 Å². The smallest absolute Gasteiger partial charge is 0.422 e. The molecule has 0 heterocycles. The van der Waals surface area contributed by atoms with Crippen LogP contribution in [0.5, 0.6) is 0 Å². The van der Waals surface area contributed by atoms with Crippen LogP contribution in [0, 0.1) is 23.4 Å². The predicted octanol–water partition coefficient (Wildman–Crippen LogP) is -0.579. The molecule has 1 rings (SSSR count). The van der Waals surface area contributed by atoms with Gasteiger partial charge in [-0.05, 0) is 0 Å². The maximum Gasteiger partial charge on any atom is 0.422 e. The topological polar surface area (TPSA) is 97.3 Å². The molecule has 0 aliphatic carbocycles. The first-order valence-corrected chi connectivity index (χ1v) is 5.10. The van der Waals surface area contributed by atoms with E-state index in [2.05, 4.69) is 0 Å². The van der Waals surface area contributed by atoms with Crippen molar-refractivity contribution in [2.24, 2.45) is 5.92 Å². The summed E-state index contributed by atoms with van der Waals surface area (Å²) in [5, 5.41) is 20.9. The number of alkyl halides is 3. The fourth-order valence-corrected chi connectivity index (χ4v) is 1.53. The number of Topliss-reactive ketones (excluding diaryl/α,β-unsaturated/α-hetero) is 1. The molecule has 0 radical (unpaired) electrons. The Kier molecular flexibility index (Phi) is 4.49. The summed E-state index contributed by atoms with van der Waals surface area (Å²) in [6, 6.07) is -0.527. The first-order valence-electron chi connectivity index (χ1n) is 5.10. The van der Waals surface area contributed by atoms with Gasteiger partial charge in [-0.15, -0.1) is 0 Å². The van der Waals surface area contributed by atoms with Crippen molar-refractivity contribution in [3.05, 3.63) is 34.6 Å². The van der Waals surface area contributed by atoms with E-state index >= 15 is 0 Å². The van der Waals surface area contributed by atoms with E-state index in [1.807, 2.05) is 0 Å². The van der Waals surface area contributed by atoms with Gasteiger partial charge < -0.3 is 19.8 Å². The van der Waals surface area contributed by atoms with Gasteiger partial charge in [0, 0.05) is 6.07 Å². The summed E-state index contributed by atoms with van der Waals surface area (Å²) in [5.74, 6) is -18.4. The maximum absolute atomic E-state index is 13.6. The molecule has 0 aromatic heterocycles. The first-order chi connectivity index (χ1) is 9.89. The zero-order valence-corrected chi connectivity index (χ0v) is 9.96. The van der Waals surface area contributed by atoms with Crippen molar-refractivity contribution >= 4 is 17.7 Å². The van der Waals surface area contributed by atoms with Crippen molar-refractivity contribution in [3.63, 3.8) is 0 Å². The van der Waals surface area contributed by atoms with Crippen molar-refractivity contribution in [1.82, 2.24) is 0 Å². The number of benzene rings is 1. The molecule has 0 saturated carbocycles. The summed E-state index contributed by atoms with van der Waals surface area (Å²) in [7, 11) is 0. The second kappa shape index (κ2) is 5.66. The van der Waals surface area contributed by atoms with Crippen LogP contribution in [0.4, 0.5) is 26.3 Å². The Hall–Kier alpha value is -2.59. The van der Waals surface area contributed by atoms with Gasteiger partial charge in [0.15, 0.2) is 11.6 Å². The lowest BCUT2D eigenvalue weighted by atomic mass is 9.95. The van der Waals surface area contributed by atoms with Crippen molar-refractivity contribution in [2.45, 2.75) is 6.18 Å². The van der Waals surface area contributed by atoms with Crippen molar-refractivity contribution in [1.29, 1.82) is 0 Å². The van der Waals surface area contributed by atoms with Gasteiger partial charge in [-0.2, -0.15) is 13.2 Å². The van der Waals surface area contributed by atoms with Crippen LogP contribution in [0.2, 0.25) is 0 Å². The van der Waals surface area contributed by atoms with Gasteiger partial charge in [-0.1, -0.05) is 0 Å². The molecule has 0 saturated heterocycles. The molecule has 120 valence electrons. The third-order valence-corrected chi connectivity index (χ3v) is 2.43. The number of carbonyl (C=O) groups excluding carboxylic acids is 3. The van der Waals surface area contributed by atoms with Crippen LogP contribution in [-0.2, 0) is 15.8 Å². The Bertz CT molecular complexity index is 652. The van der Waals surface area contributed by atoms with Gasteiger partial charge >= 0.3 is 6.18 Å². The number of halogens is 6. The molecule has 5 nitrogen and oxygen atoms in total. The van der Waals surface area contributed by atoms with E-state index < -0.39 is 64.5 Å². The van der Waals surface area contributed by atoms with E-state index in [0.29, 0.717) is 0 Å². The molecule has 0 spiro atoms. The minimum Gasteiger partial charge on any atom is -0.549 e. The van der Waals surface area contributed by atoms with Gasteiger partial charge in [0.2, 0.25) is 0 Å². The van der Waals surface area contributed by atoms with Gasteiger partial charge in [0.05, 0.1) is 17.5 Å². The standard InChI is InChI=1S/C11H4F6O5/c12-2-1-3(13)6(11(15,16)17)7(14)4(2)8(18)5(9(19)20)10(21)22/h1,5H,(H,19,20)(H,21,22)/p-2. The number of rotatable bonds is 4. The first kappa shape index (κ1) is 17.5. The number of hydrogen-bond acceptors (Lipinski definition) is 5. The van der Waals surface area contributed by atoms with Crippen LogP contribution in [0.15, 0.2) is 6.07 Å². The van der Waals surface area contributed by atoms with Crippen LogP contribution in [-0.4, -0.2) is 17.7 Å². The number of aliphatic carboxylic acids is 2. The molecule has 0 fully saturated rings. The molecule has 0 unspecified atom stereocenters. The summed E-state index contributed by atoms with van der Waals surface area (Å²) in [6.45, 7) is 0. The van der Waals surface area contributed by atoms with E-state index in [1.165, 1.54) is 0 Å². The highest BCUT2D eigenvalue weighted by Crippen LogP contribution is 2.36.